The van der Waals surface area contributed by atoms with E-state index in [1.807, 2.05) is 0 Å². The van der Waals surface area contributed by atoms with Gasteiger partial charge in [0.05, 0.1) is 0 Å². The summed E-state index contributed by atoms with van der Waals surface area (Å²) in [5.74, 6) is 0.179. The van der Waals surface area contributed by atoms with E-state index in [2.05, 4.69) is 9.98 Å². The molecule has 4 atom stereocenters. The van der Waals surface area contributed by atoms with Crippen molar-refractivity contribution in [1.82, 2.24) is 0 Å². The van der Waals surface area contributed by atoms with Gasteiger partial charge >= 0.3 is 0 Å². The van der Waals surface area contributed by atoms with Gasteiger partial charge in [-0.05, 0) is 18.2 Å². The Kier molecular flexibility index (Phi) is 3.14. The van der Waals surface area contributed by atoms with Crippen LogP contribution in [0.4, 0.5) is 0 Å². The number of aliphatic imine (C=N–C) groups is 2. The van der Waals surface area contributed by atoms with Gasteiger partial charge in [0.1, 0.15) is 0 Å². The van der Waals surface area contributed by atoms with Crippen LogP contribution in [0.15, 0.2) is 34.3 Å². The number of nitrogens with zero attached hydrogens (tertiary/aromatic N) is 2. The summed E-state index contributed by atoms with van der Waals surface area (Å²) in [6, 6.07) is 6.58. The average Bonchev–Trinajstić information content (AvgIpc) is 2.94. The molecule has 0 aliphatic carbocycles. The number of rotatable bonds is 2. The van der Waals surface area contributed by atoms with E-state index >= 15 is 0 Å². The van der Waals surface area contributed by atoms with Gasteiger partial charge in [0.2, 0.25) is 36.8 Å². The van der Waals surface area contributed by atoms with Crippen LogP contribution in [-0.4, -0.2) is 57.3 Å². The van der Waals surface area contributed by atoms with Crippen molar-refractivity contribution in [2.24, 2.45) is 9.98 Å². The summed E-state index contributed by atoms with van der Waals surface area (Å²) in [6.45, 7) is 0. The Hall–Kier alpha value is -2.00. The van der Waals surface area contributed by atoms with Crippen molar-refractivity contribution in [1.29, 1.82) is 0 Å². The van der Waals surface area contributed by atoms with Crippen molar-refractivity contribution >= 4 is 11.8 Å². The van der Waals surface area contributed by atoms with Gasteiger partial charge in [0.15, 0.2) is 0 Å². The predicted octanol–water partition coefficient (Wildman–Crippen LogP) is -1.49. The summed E-state index contributed by atoms with van der Waals surface area (Å²) in [5.41, 5.74) is 1.00. The molecule has 2 heterocycles. The summed E-state index contributed by atoms with van der Waals surface area (Å²) in [7, 11) is 0. The molecule has 4 N–H and O–H groups in total. The molecule has 0 saturated heterocycles. The Morgan fingerprint density at radius 2 is 1.25 bits per heavy atom. The van der Waals surface area contributed by atoms with Crippen molar-refractivity contribution in [2.45, 2.75) is 25.0 Å². The van der Waals surface area contributed by atoms with Crippen LogP contribution < -0.4 is 0 Å². The molecule has 2 aliphatic rings. The van der Waals surface area contributed by atoms with Crippen molar-refractivity contribution in [3.63, 3.8) is 0 Å². The molecule has 1 aromatic carbocycles. The molecule has 0 fully saturated rings. The van der Waals surface area contributed by atoms with Gasteiger partial charge in [-0.15, -0.1) is 0 Å². The largest absolute Gasteiger partial charge is 0.443 e. The Labute approximate surface area is 113 Å². The first-order valence-electron chi connectivity index (χ1n) is 5.86. The van der Waals surface area contributed by atoms with Crippen molar-refractivity contribution in [3.05, 3.63) is 35.4 Å². The van der Waals surface area contributed by atoms with Gasteiger partial charge in [-0.25, -0.2) is 9.98 Å². The second kappa shape index (κ2) is 4.84. The summed E-state index contributed by atoms with van der Waals surface area (Å²) in [5, 5.41) is 37.2. The summed E-state index contributed by atoms with van der Waals surface area (Å²) in [6.07, 6.45) is -5.43. The van der Waals surface area contributed by atoms with Crippen LogP contribution in [0.2, 0.25) is 0 Å². The molecule has 8 nitrogen and oxygen atoms in total. The van der Waals surface area contributed by atoms with Gasteiger partial charge in [-0.1, -0.05) is 6.07 Å². The highest BCUT2D eigenvalue weighted by molar-refractivity contribution is 6.00. The second-order valence-electron chi connectivity index (χ2n) is 4.29. The third kappa shape index (κ3) is 2.25. The third-order valence-electron chi connectivity index (χ3n) is 2.83. The maximum Gasteiger partial charge on any atom is 0.246 e. The molecule has 0 saturated carbocycles. The smallest absolute Gasteiger partial charge is 0.246 e. The lowest BCUT2D eigenvalue weighted by molar-refractivity contribution is -0.0866. The van der Waals surface area contributed by atoms with E-state index in [-0.39, 0.29) is 11.8 Å². The van der Waals surface area contributed by atoms with E-state index in [0.717, 1.165) is 0 Å². The van der Waals surface area contributed by atoms with E-state index in [9.17, 15) is 20.4 Å². The van der Waals surface area contributed by atoms with Crippen LogP contribution in [0.25, 0.3) is 0 Å². The molecule has 0 aromatic heterocycles. The Morgan fingerprint density at radius 1 is 0.800 bits per heavy atom. The second-order valence-corrected chi connectivity index (χ2v) is 4.29. The average molecular weight is 280 g/mol. The zero-order valence-electron chi connectivity index (χ0n) is 10.1. The maximum absolute atomic E-state index is 9.30. The van der Waals surface area contributed by atoms with E-state index < -0.39 is 25.0 Å². The van der Waals surface area contributed by atoms with Crippen LogP contribution in [0.5, 0.6) is 0 Å². The fourth-order valence-electron chi connectivity index (χ4n) is 1.85. The van der Waals surface area contributed by atoms with Crippen LogP contribution in [0, 0.1) is 0 Å². The molecule has 0 radical (unpaired) electrons. The number of ether oxygens (including phenoxy) is 2. The Bertz CT molecular complexity index is 540. The van der Waals surface area contributed by atoms with E-state index in [1.54, 1.807) is 24.3 Å². The highest BCUT2D eigenvalue weighted by Crippen LogP contribution is 2.19. The predicted molar refractivity (Wildman–Crippen MR) is 65.7 cm³/mol. The van der Waals surface area contributed by atoms with Crippen molar-refractivity contribution in [2.75, 3.05) is 0 Å². The molecule has 3 rings (SSSR count). The van der Waals surface area contributed by atoms with Crippen LogP contribution in [0.3, 0.4) is 0 Å². The minimum absolute atomic E-state index is 0.0894. The fraction of sp³-hybridized carbons (Fsp3) is 0.333. The fourth-order valence-corrected chi connectivity index (χ4v) is 1.85. The molecule has 0 spiro atoms. The van der Waals surface area contributed by atoms with E-state index in [4.69, 9.17) is 9.47 Å². The van der Waals surface area contributed by atoms with Gasteiger partial charge in [0, 0.05) is 11.1 Å². The van der Waals surface area contributed by atoms with Gasteiger partial charge < -0.3 is 29.9 Å². The first-order chi connectivity index (χ1) is 9.54. The number of aliphatic hydroxyl groups excluding tert-OH is 4. The van der Waals surface area contributed by atoms with Crippen LogP contribution in [-0.2, 0) is 9.47 Å². The molecule has 2 aliphatic heterocycles. The highest BCUT2D eigenvalue weighted by Gasteiger charge is 2.30. The molecule has 1 aromatic rings. The first kappa shape index (κ1) is 13.0. The zero-order valence-corrected chi connectivity index (χ0v) is 10.1. The van der Waals surface area contributed by atoms with Gasteiger partial charge in [-0.2, -0.15) is 0 Å². The zero-order chi connectivity index (χ0) is 14.3. The van der Waals surface area contributed by atoms with Crippen molar-refractivity contribution < 1.29 is 29.9 Å². The molecule has 0 amide bonds. The summed E-state index contributed by atoms with van der Waals surface area (Å²) < 4.78 is 9.99. The van der Waals surface area contributed by atoms with Crippen molar-refractivity contribution in [3.8, 4) is 0 Å². The summed E-state index contributed by atoms with van der Waals surface area (Å²) >= 11 is 0. The first-order valence-corrected chi connectivity index (χ1v) is 5.86. The number of hydrogen-bond acceptors (Lipinski definition) is 8. The number of benzene rings is 1. The maximum atomic E-state index is 9.30. The van der Waals surface area contributed by atoms with Crippen LogP contribution >= 0.6 is 0 Å². The monoisotopic (exact) mass is 280 g/mol. The molecular formula is C12H12N2O6. The lowest BCUT2D eigenvalue weighted by Crippen LogP contribution is -2.21. The highest BCUT2D eigenvalue weighted by atomic mass is 16.6. The third-order valence-corrected chi connectivity index (χ3v) is 2.83. The SMILES string of the molecule is OC1N=C(c2cccc(C3=NC(O)C(O)O3)c2)OC1O. The standard InChI is InChI=1S/C12H12N2O6/c15-7-11(17)19-9(13-7)5-2-1-3-6(4-5)10-14-8(16)12(18)20-10/h1-4,7-8,11-12,15-18H. The van der Waals surface area contributed by atoms with Crippen LogP contribution in [0.1, 0.15) is 11.1 Å². The molecule has 106 valence electrons. The summed E-state index contributed by atoms with van der Waals surface area (Å²) in [4.78, 5) is 7.52. The quantitative estimate of drug-likeness (QED) is 0.523. The topological polar surface area (TPSA) is 124 Å². The normalized spacial score (nSPS) is 32.4. The van der Waals surface area contributed by atoms with E-state index in [1.165, 1.54) is 0 Å². The van der Waals surface area contributed by atoms with Gasteiger partial charge in [0.25, 0.3) is 0 Å². The Morgan fingerprint density at radius 3 is 1.60 bits per heavy atom. The molecule has 20 heavy (non-hydrogen) atoms. The molecular weight excluding hydrogens is 268 g/mol. The molecule has 0 bridgehead atoms. The minimum Gasteiger partial charge on any atom is -0.443 e. The lowest BCUT2D eigenvalue weighted by atomic mass is 10.1. The van der Waals surface area contributed by atoms with Gasteiger partial charge in [-0.3, -0.25) is 0 Å². The minimum atomic E-state index is -1.39. The molecule has 8 heteroatoms. The molecule has 4 unspecified atom stereocenters. The van der Waals surface area contributed by atoms with E-state index in [0.29, 0.717) is 11.1 Å². The number of hydrogen-bond donors (Lipinski definition) is 4. The lowest BCUT2D eigenvalue weighted by Gasteiger charge is -2.08. The number of aliphatic hydroxyl groups is 4. The Balaban J connectivity index is 1.88.